The number of nitrogens with one attached hydrogen (secondary N) is 1. The zero-order valence-electron chi connectivity index (χ0n) is 11.1. The number of rotatable bonds is 4. The van der Waals surface area contributed by atoms with E-state index in [9.17, 15) is 4.39 Å². The molecular formula is C13H15ClFN5. The third-order valence-electron chi connectivity index (χ3n) is 2.74. The molecule has 106 valence electrons. The molecular weight excluding hydrogens is 281 g/mol. The number of nitrogens with two attached hydrogens (primary N) is 1. The van der Waals surface area contributed by atoms with Crippen LogP contribution in [0.4, 0.5) is 16.3 Å². The standard InChI is InChI=1S/C13H15ClFN5/c1-7(15)11-18-12(16)20-13(19-11)17-8(2)9-3-5-10(14)6-4-9/h3-8H,1-2H3,(H3,16,17,18,19,20). The molecule has 0 saturated carbocycles. The van der Waals surface area contributed by atoms with Gasteiger partial charge in [0, 0.05) is 5.02 Å². The summed E-state index contributed by atoms with van der Waals surface area (Å²) in [6, 6.07) is 7.31. The number of aromatic nitrogens is 3. The van der Waals surface area contributed by atoms with E-state index in [4.69, 9.17) is 17.3 Å². The number of halogens is 2. The Hall–Kier alpha value is -1.95. The summed E-state index contributed by atoms with van der Waals surface area (Å²) >= 11 is 5.84. The van der Waals surface area contributed by atoms with E-state index in [1.807, 2.05) is 19.1 Å². The summed E-state index contributed by atoms with van der Waals surface area (Å²) in [6.07, 6.45) is -1.30. The summed E-state index contributed by atoms with van der Waals surface area (Å²) < 4.78 is 13.2. The molecule has 20 heavy (non-hydrogen) atoms. The molecule has 2 rings (SSSR count). The van der Waals surface area contributed by atoms with Crippen LogP contribution in [0.25, 0.3) is 0 Å². The summed E-state index contributed by atoms with van der Waals surface area (Å²) in [5, 5.41) is 3.73. The topological polar surface area (TPSA) is 76.7 Å². The van der Waals surface area contributed by atoms with E-state index in [1.54, 1.807) is 12.1 Å². The highest BCUT2D eigenvalue weighted by atomic mass is 35.5. The smallest absolute Gasteiger partial charge is 0.228 e. The zero-order valence-corrected chi connectivity index (χ0v) is 11.9. The first kappa shape index (κ1) is 14.5. The molecule has 0 bridgehead atoms. The number of anilines is 2. The van der Waals surface area contributed by atoms with Crippen molar-refractivity contribution in [3.05, 3.63) is 40.7 Å². The van der Waals surface area contributed by atoms with Crippen LogP contribution in [0.1, 0.15) is 37.4 Å². The third-order valence-corrected chi connectivity index (χ3v) is 2.99. The minimum Gasteiger partial charge on any atom is -0.368 e. The fourth-order valence-corrected chi connectivity index (χ4v) is 1.81. The van der Waals surface area contributed by atoms with Gasteiger partial charge < -0.3 is 11.1 Å². The van der Waals surface area contributed by atoms with Gasteiger partial charge in [0.25, 0.3) is 0 Å². The predicted molar refractivity (Wildman–Crippen MR) is 77.3 cm³/mol. The van der Waals surface area contributed by atoms with Gasteiger partial charge in [-0.2, -0.15) is 15.0 Å². The lowest BCUT2D eigenvalue weighted by Gasteiger charge is -2.15. The van der Waals surface area contributed by atoms with E-state index >= 15 is 0 Å². The van der Waals surface area contributed by atoms with Crippen LogP contribution >= 0.6 is 11.6 Å². The van der Waals surface area contributed by atoms with E-state index in [0.717, 1.165) is 5.56 Å². The van der Waals surface area contributed by atoms with Gasteiger partial charge in [-0.15, -0.1) is 0 Å². The largest absolute Gasteiger partial charge is 0.368 e. The molecule has 3 N–H and O–H groups in total. The Morgan fingerprint density at radius 3 is 2.40 bits per heavy atom. The Bertz CT molecular complexity index is 588. The first-order valence-electron chi connectivity index (χ1n) is 6.13. The minimum atomic E-state index is -1.30. The maximum Gasteiger partial charge on any atom is 0.228 e. The Balaban J connectivity index is 2.18. The zero-order chi connectivity index (χ0) is 14.7. The van der Waals surface area contributed by atoms with Crippen molar-refractivity contribution in [3.8, 4) is 0 Å². The number of alkyl halides is 1. The number of hydrogen-bond donors (Lipinski definition) is 2. The molecule has 2 atom stereocenters. The molecule has 7 heteroatoms. The molecule has 2 aromatic rings. The molecule has 0 spiro atoms. The summed E-state index contributed by atoms with van der Waals surface area (Å²) in [6.45, 7) is 3.28. The number of benzene rings is 1. The van der Waals surface area contributed by atoms with Crippen molar-refractivity contribution in [1.29, 1.82) is 0 Å². The van der Waals surface area contributed by atoms with Crippen LogP contribution in [0.15, 0.2) is 24.3 Å². The molecule has 0 amide bonds. The monoisotopic (exact) mass is 295 g/mol. The van der Waals surface area contributed by atoms with Crippen LogP contribution in [0, 0.1) is 0 Å². The quantitative estimate of drug-likeness (QED) is 0.905. The second kappa shape index (κ2) is 6.00. The maximum atomic E-state index is 13.2. The van der Waals surface area contributed by atoms with Gasteiger partial charge in [0.1, 0.15) is 0 Å². The van der Waals surface area contributed by atoms with Crippen LogP contribution in [0.2, 0.25) is 5.02 Å². The summed E-state index contributed by atoms with van der Waals surface area (Å²) in [4.78, 5) is 11.7. The highest BCUT2D eigenvalue weighted by Gasteiger charge is 2.13. The number of nitrogens with zero attached hydrogens (tertiary/aromatic N) is 3. The third kappa shape index (κ3) is 3.54. The minimum absolute atomic E-state index is 0.00898. The van der Waals surface area contributed by atoms with Crippen molar-refractivity contribution in [3.63, 3.8) is 0 Å². The van der Waals surface area contributed by atoms with Crippen LogP contribution in [0.5, 0.6) is 0 Å². The molecule has 0 radical (unpaired) electrons. The Kier molecular flexibility index (Phi) is 4.34. The van der Waals surface area contributed by atoms with Crippen molar-refractivity contribution in [1.82, 2.24) is 15.0 Å². The Labute approximate surface area is 121 Å². The molecule has 1 aromatic heterocycles. The lowest BCUT2D eigenvalue weighted by Crippen LogP contribution is -2.13. The van der Waals surface area contributed by atoms with E-state index in [0.29, 0.717) is 5.02 Å². The lowest BCUT2D eigenvalue weighted by atomic mass is 10.1. The molecule has 0 fully saturated rings. The SMILES string of the molecule is CC(F)c1nc(N)nc(NC(C)c2ccc(Cl)cc2)n1. The van der Waals surface area contributed by atoms with E-state index < -0.39 is 6.17 Å². The maximum absolute atomic E-state index is 13.2. The first-order chi connectivity index (χ1) is 9.45. The molecule has 1 aromatic carbocycles. The summed E-state index contributed by atoms with van der Waals surface area (Å²) in [5.74, 6) is 0.257. The normalized spacial score (nSPS) is 13.8. The fraction of sp³-hybridized carbons (Fsp3) is 0.308. The molecule has 0 aliphatic carbocycles. The highest BCUT2D eigenvalue weighted by Crippen LogP contribution is 2.20. The van der Waals surface area contributed by atoms with Crippen LogP contribution in [-0.4, -0.2) is 15.0 Å². The van der Waals surface area contributed by atoms with Gasteiger partial charge in [0.15, 0.2) is 12.0 Å². The molecule has 5 nitrogen and oxygen atoms in total. The van der Waals surface area contributed by atoms with Crippen LogP contribution in [0.3, 0.4) is 0 Å². The van der Waals surface area contributed by atoms with Crippen LogP contribution < -0.4 is 11.1 Å². The van der Waals surface area contributed by atoms with E-state index in [-0.39, 0.29) is 23.8 Å². The Morgan fingerprint density at radius 2 is 1.80 bits per heavy atom. The fourth-order valence-electron chi connectivity index (χ4n) is 1.68. The number of nitrogen functional groups attached to an aromatic ring is 1. The van der Waals surface area contributed by atoms with Gasteiger partial charge in [-0.25, -0.2) is 4.39 Å². The average molecular weight is 296 g/mol. The van der Waals surface area contributed by atoms with E-state index in [1.165, 1.54) is 6.92 Å². The Morgan fingerprint density at radius 1 is 1.15 bits per heavy atom. The van der Waals surface area contributed by atoms with Crippen molar-refractivity contribution in [2.75, 3.05) is 11.1 Å². The second-order valence-corrected chi connectivity index (χ2v) is 4.85. The average Bonchev–Trinajstić information content (AvgIpc) is 2.38. The molecule has 1 heterocycles. The van der Waals surface area contributed by atoms with E-state index in [2.05, 4.69) is 20.3 Å². The first-order valence-corrected chi connectivity index (χ1v) is 6.51. The lowest BCUT2D eigenvalue weighted by molar-refractivity contribution is 0.356. The van der Waals surface area contributed by atoms with Gasteiger partial charge >= 0.3 is 0 Å². The van der Waals surface area contributed by atoms with Crippen molar-refractivity contribution < 1.29 is 4.39 Å². The van der Waals surface area contributed by atoms with Gasteiger partial charge in [0.05, 0.1) is 6.04 Å². The molecule has 0 aliphatic rings. The van der Waals surface area contributed by atoms with Gasteiger partial charge in [0.2, 0.25) is 11.9 Å². The summed E-state index contributed by atoms with van der Waals surface area (Å²) in [5.41, 5.74) is 6.55. The highest BCUT2D eigenvalue weighted by molar-refractivity contribution is 6.30. The van der Waals surface area contributed by atoms with Gasteiger partial charge in [-0.3, -0.25) is 0 Å². The second-order valence-electron chi connectivity index (χ2n) is 4.41. The van der Waals surface area contributed by atoms with Crippen molar-refractivity contribution in [2.24, 2.45) is 0 Å². The van der Waals surface area contributed by atoms with Crippen molar-refractivity contribution >= 4 is 23.5 Å². The number of hydrogen-bond acceptors (Lipinski definition) is 5. The van der Waals surface area contributed by atoms with Gasteiger partial charge in [-0.1, -0.05) is 23.7 Å². The summed E-state index contributed by atoms with van der Waals surface area (Å²) in [7, 11) is 0. The predicted octanol–water partition coefficient (Wildman–Crippen LogP) is 3.31. The van der Waals surface area contributed by atoms with Crippen LogP contribution in [-0.2, 0) is 0 Å². The van der Waals surface area contributed by atoms with Crippen molar-refractivity contribution in [2.45, 2.75) is 26.1 Å². The molecule has 2 unspecified atom stereocenters. The van der Waals surface area contributed by atoms with Gasteiger partial charge in [-0.05, 0) is 31.5 Å². The molecule has 0 aliphatic heterocycles. The molecule has 0 saturated heterocycles.